The van der Waals surface area contributed by atoms with Gasteiger partial charge in [-0.2, -0.15) is 5.10 Å². The van der Waals surface area contributed by atoms with Crippen molar-refractivity contribution >= 4 is 17.4 Å². The van der Waals surface area contributed by atoms with Crippen LogP contribution in [-0.4, -0.2) is 21.0 Å². The number of nitro groups is 1. The Labute approximate surface area is 115 Å². The maximum atomic E-state index is 11.9. The molecule has 1 amide bonds. The highest BCUT2D eigenvalue weighted by molar-refractivity contribution is 6.03. The molecule has 2 aromatic rings. The zero-order chi connectivity index (χ0) is 14.7. The van der Waals surface area contributed by atoms with Crippen molar-refractivity contribution in [1.82, 2.24) is 10.2 Å². The lowest BCUT2D eigenvalue weighted by Gasteiger charge is -2.01. The Kier molecular flexibility index (Phi) is 3.79. The third-order valence-corrected chi connectivity index (χ3v) is 2.80. The lowest BCUT2D eigenvalue weighted by Crippen LogP contribution is -2.12. The summed E-state index contributed by atoms with van der Waals surface area (Å²) >= 11 is 0. The second-order valence-electron chi connectivity index (χ2n) is 4.62. The molecule has 104 valence electrons. The zero-order valence-electron chi connectivity index (χ0n) is 11.1. The van der Waals surface area contributed by atoms with Gasteiger partial charge in [0.15, 0.2) is 5.82 Å². The molecule has 0 saturated carbocycles. The zero-order valence-corrected chi connectivity index (χ0v) is 11.1. The molecule has 2 rings (SSSR count). The molecule has 20 heavy (non-hydrogen) atoms. The number of carbonyl (C=O) groups excluding carboxylic acids is 1. The molecule has 0 aliphatic carbocycles. The van der Waals surface area contributed by atoms with Crippen LogP contribution in [0.5, 0.6) is 0 Å². The third-order valence-electron chi connectivity index (χ3n) is 2.80. The molecule has 7 nitrogen and oxygen atoms in total. The summed E-state index contributed by atoms with van der Waals surface area (Å²) in [5.74, 6) is 0.353. The number of rotatable bonds is 4. The van der Waals surface area contributed by atoms with Crippen molar-refractivity contribution in [2.24, 2.45) is 0 Å². The van der Waals surface area contributed by atoms with Crippen LogP contribution in [0.15, 0.2) is 30.3 Å². The topological polar surface area (TPSA) is 101 Å². The SMILES string of the molecule is CC(C)c1cc(NC(=O)c2ccc([N+](=O)[O-])cc2)n[nH]1. The van der Waals surface area contributed by atoms with E-state index in [-0.39, 0.29) is 17.5 Å². The molecule has 0 radical (unpaired) electrons. The number of aromatic nitrogens is 2. The van der Waals surface area contributed by atoms with Crippen molar-refractivity contribution in [2.75, 3.05) is 5.32 Å². The van der Waals surface area contributed by atoms with Crippen LogP contribution >= 0.6 is 0 Å². The van der Waals surface area contributed by atoms with Gasteiger partial charge in [-0.05, 0) is 18.1 Å². The average Bonchev–Trinajstić information content (AvgIpc) is 2.87. The molecule has 0 unspecified atom stereocenters. The third kappa shape index (κ3) is 3.00. The Morgan fingerprint density at radius 1 is 1.35 bits per heavy atom. The van der Waals surface area contributed by atoms with Crippen molar-refractivity contribution in [3.63, 3.8) is 0 Å². The molecular weight excluding hydrogens is 260 g/mol. The quantitative estimate of drug-likeness (QED) is 0.661. The number of benzene rings is 1. The maximum absolute atomic E-state index is 11.9. The average molecular weight is 274 g/mol. The van der Waals surface area contributed by atoms with Gasteiger partial charge in [0.25, 0.3) is 11.6 Å². The van der Waals surface area contributed by atoms with E-state index in [1.54, 1.807) is 6.07 Å². The fourth-order valence-corrected chi connectivity index (χ4v) is 1.62. The predicted molar refractivity (Wildman–Crippen MR) is 73.7 cm³/mol. The minimum atomic E-state index is -0.510. The molecule has 0 bridgehead atoms. The Bertz CT molecular complexity index is 631. The molecule has 1 aromatic carbocycles. The minimum absolute atomic E-state index is 0.0524. The first-order valence-electron chi connectivity index (χ1n) is 6.08. The van der Waals surface area contributed by atoms with Gasteiger partial charge in [0.2, 0.25) is 0 Å². The molecule has 0 spiro atoms. The summed E-state index contributed by atoms with van der Waals surface area (Å²) in [6.45, 7) is 4.02. The molecule has 0 atom stereocenters. The van der Waals surface area contributed by atoms with Crippen LogP contribution in [0.25, 0.3) is 0 Å². The van der Waals surface area contributed by atoms with Gasteiger partial charge in [-0.1, -0.05) is 13.8 Å². The van der Waals surface area contributed by atoms with E-state index in [0.29, 0.717) is 11.4 Å². The predicted octanol–water partition coefficient (Wildman–Crippen LogP) is 2.69. The van der Waals surface area contributed by atoms with Gasteiger partial charge in [0.1, 0.15) is 0 Å². The summed E-state index contributed by atoms with van der Waals surface area (Å²) < 4.78 is 0. The number of nitrogens with one attached hydrogen (secondary N) is 2. The summed E-state index contributed by atoms with van der Waals surface area (Å²) in [7, 11) is 0. The van der Waals surface area contributed by atoms with Crippen molar-refractivity contribution in [3.8, 4) is 0 Å². The lowest BCUT2D eigenvalue weighted by molar-refractivity contribution is -0.384. The fourth-order valence-electron chi connectivity index (χ4n) is 1.62. The number of anilines is 1. The molecule has 1 aromatic heterocycles. The van der Waals surface area contributed by atoms with E-state index in [2.05, 4.69) is 15.5 Å². The highest BCUT2D eigenvalue weighted by atomic mass is 16.6. The van der Waals surface area contributed by atoms with Crippen LogP contribution in [0.2, 0.25) is 0 Å². The monoisotopic (exact) mass is 274 g/mol. The van der Waals surface area contributed by atoms with E-state index in [1.807, 2.05) is 13.8 Å². The second kappa shape index (κ2) is 5.52. The van der Waals surface area contributed by atoms with E-state index in [4.69, 9.17) is 0 Å². The summed E-state index contributed by atoms with van der Waals surface area (Å²) in [6, 6.07) is 7.15. The van der Waals surface area contributed by atoms with Gasteiger partial charge in [0.05, 0.1) is 4.92 Å². The first kappa shape index (κ1) is 13.7. The highest BCUT2D eigenvalue weighted by Crippen LogP contribution is 2.16. The number of amides is 1. The highest BCUT2D eigenvalue weighted by Gasteiger charge is 2.11. The van der Waals surface area contributed by atoms with E-state index in [1.165, 1.54) is 24.3 Å². The number of aromatic amines is 1. The van der Waals surface area contributed by atoms with Gasteiger partial charge in [-0.25, -0.2) is 0 Å². The van der Waals surface area contributed by atoms with Crippen LogP contribution in [0.3, 0.4) is 0 Å². The number of hydrogen-bond donors (Lipinski definition) is 2. The fraction of sp³-hybridized carbons (Fsp3) is 0.231. The van der Waals surface area contributed by atoms with Crippen LogP contribution < -0.4 is 5.32 Å². The standard InChI is InChI=1S/C13H14N4O3/c1-8(2)11-7-12(16-15-11)14-13(18)9-3-5-10(6-4-9)17(19)20/h3-8H,1-2H3,(H2,14,15,16,18). The number of carbonyl (C=O) groups is 1. The first-order chi connectivity index (χ1) is 9.47. The number of nitro benzene ring substituents is 1. The maximum Gasteiger partial charge on any atom is 0.269 e. The number of hydrogen-bond acceptors (Lipinski definition) is 4. The smallest absolute Gasteiger partial charge is 0.269 e. The van der Waals surface area contributed by atoms with Gasteiger partial charge in [-0.15, -0.1) is 0 Å². The lowest BCUT2D eigenvalue weighted by atomic mass is 10.1. The Morgan fingerprint density at radius 2 is 2.00 bits per heavy atom. The number of non-ortho nitro benzene ring substituents is 1. The summed E-state index contributed by atoms with van der Waals surface area (Å²) in [6.07, 6.45) is 0. The number of nitrogens with zero attached hydrogens (tertiary/aromatic N) is 2. The van der Waals surface area contributed by atoms with E-state index >= 15 is 0 Å². The van der Waals surface area contributed by atoms with Gasteiger partial charge in [-0.3, -0.25) is 20.0 Å². The van der Waals surface area contributed by atoms with Crippen LogP contribution in [0, 0.1) is 10.1 Å². The Morgan fingerprint density at radius 3 is 2.50 bits per heavy atom. The largest absolute Gasteiger partial charge is 0.305 e. The van der Waals surface area contributed by atoms with E-state index < -0.39 is 4.92 Å². The minimum Gasteiger partial charge on any atom is -0.305 e. The number of H-pyrrole nitrogens is 1. The van der Waals surface area contributed by atoms with Gasteiger partial charge >= 0.3 is 0 Å². The molecule has 0 aliphatic rings. The summed E-state index contributed by atoms with van der Waals surface area (Å²) in [4.78, 5) is 22.0. The second-order valence-corrected chi connectivity index (χ2v) is 4.62. The van der Waals surface area contributed by atoms with Crippen molar-refractivity contribution in [1.29, 1.82) is 0 Å². The van der Waals surface area contributed by atoms with Gasteiger partial charge in [0, 0.05) is 29.5 Å². The normalized spacial score (nSPS) is 10.6. The summed E-state index contributed by atoms with van der Waals surface area (Å²) in [5, 5.41) is 20.0. The van der Waals surface area contributed by atoms with E-state index in [0.717, 1.165) is 5.69 Å². The van der Waals surface area contributed by atoms with E-state index in [9.17, 15) is 14.9 Å². The van der Waals surface area contributed by atoms with Crippen LogP contribution in [0.1, 0.15) is 35.8 Å². The van der Waals surface area contributed by atoms with Gasteiger partial charge < -0.3 is 5.32 Å². The van der Waals surface area contributed by atoms with Crippen LogP contribution in [-0.2, 0) is 0 Å². The Balaban J connectivity index is 2.09. The van der Waals surface area contributed by atoms with Crippen molar-refractivity contribution in [3.05, 3.63) is 51.7 Å². The van der Waals surface area contributed by atoms with Crippen molar-refractivity contribution < 1.29 is 9.72 Å². The first-order valence-corrected chi connectivity index (χ1v) is 6.08. The molecule has 0 aliphatic heterocycles. The van der Waals surface area contributed by atoms with Crippen molar-refractivity contribution in [2.45, 2.75) is 19.8 Å². The molecule has 7 heteroatoms. The molecular formula is C13H14N4O3. The van der Waals surface area contributed by atoms with Crippen LogP contribution in [0.4, 0.5) is 11.5 Å². The molecule has 1 heterocycles. The summed E-state index contributed by atoms with van der Waals surface area (Å²) in [5.41, 5.74) is 1.21. The molecule has 0 saturated heterocycles. The molecule has 2 N–H and O–H groups in total. The molecule has 0 fully saturated rings. The Hall–Kier alpha value is -2.70.